The van der Waals surface area contributed by atoms with E-state index >= 15 is 0 Å². The minimum atomic E-state index is -3.59. The maximum absolute atomic E-state index is 13.5. The fraction of sp³-hybridized carbons (Fsp3) is 0.462. The Kier molecular flexibility index (Phi) is 8.95. The number of carboxylic acid groups (broad SMARTS) is 1. The van der Waals surface area contributed by atoms with Gasteiger partial charge in [0.25, 0.3) is 0 Å². The molecular weight excluding hydrogens is 528 g/mol. The summed E-state index contributed by atoms with van der Waals surface area (Å²) < 4.78 is 32.4. The highest BCUT2D eigenvalue weighted by molar-refractivity contribution is 7.89. The van der Waals surface area contributed by atoms with Crippen molar-refractivity contribution in [2.24, 2.45) is 5.92 Å². The number of sulfonamides is 1. The van der Waals surface area contributed by atoms with Crippen LogP contribution in [0.25, 0.3) is 10.3 Å². The average molecular weight is 561 g/mol. The van der Waals surface area contributed by atoms with E-state index in [-0.39, 0.29) is 16.7 Å². The molecule has 1 saturated carbocycles. The van der Waals surface area contributed by atoms with Gasteiger partial charge in [0.2, 0.25) is 21.8 Å². The van der Waals surface area contributed by atoms with Crippen molar-refractivity contribution in [3.05, 3.63) is 42.0 Å². The molecule has 204 valence electrons. The SMILES string of the molecule is CCN(CC)S(=O)(=O)c1ccc(C(CC2CCCC2)C(=O)Nc2nc3ccc(OCC(=O)O)nc3s2)cc1. The summed E-state index contributed by atoms with van der Waals surface area (Å²) in [4.78, 5) is 33.7. The molecule has 1 unspecified atom stereocenters. The van der Waals surface area contributed by atoms with Gasteiger partial charge in [-0.2, -0.15) is 4.31 Å². The van der Waals surface area contributed by atoms with Gasteiger partial charge in [0.15, 0.2) is 11.7 Å². The van der Waals surface area contributed by atoms with Crippen molar-refractivity contribution in [3.8, 4) is 5.88 Å². The van der Waals surface area contributed by atoms with Gasteiger partial charge in [-0.05, 0) is 36.1 Å². The van der Waals surface area contributed by atoms with Crippen molar-refractivity contribution >= 4 is 48.7 Å². The van der Waals surface area contributed by atoms with Crippen LogP contribution in [0, 0.1) is 5.92 Å². The second-order valence-corrected chi connectivity index (χ2v) is 12.2. The van der Waals surface area contributed by atoms with E-state index in [0.717, 1.165) is 31.2 Å². The number of carboxylic acids is 1. The second-order valence-electron chi connectivity index (χ2n) is 9.26. The summed E-state index contributed by atoms with van der Waals surface area (Å²) in [6.45, 7) is 3.88. The summed E-state index contributed by atoms with van der Waals surface area (Å²) in [5.74, 6) is -1.18. The molecule has 2 aromatic heterocycles. The zero-order chi connectivity index (χ0) is 27.3. The Balaban J connectivity index is 1.55. The molecule has 12 heteroatoms. The lowest BCUT2D eigenvalue weighted by molar-refractivity contribution is -0.139. The molecule has 1 aromatic carbocycles. The first kappa shape index (κ1) is 27.9. The predicted molar refractivity (Wildman–Crippen MR) is 145 cm³/mol. The van der Waals surface area contributed by atoms with Crippen LogP contribution in [0.1, 0.15) is 57.4 Å². The third kappa shape index (κ3) is 6.48. The molecule has 1 aliphatic carbocycles. The molecule has 0 bridgehead atoms. The lowest BCUT2D eigenvalue weighted by Gasteiger charge is -2.21. The number of fused-ring (bicyclic) bond motifs is 1. The van der Waals surface area contributed by atoms with Crippen LogP contribution < -0.4 is 10.1 Å². The minimum Gasteiger partial charge on any atom is -0.479 e. The highest BCUT2D eigenvalue weighted by Gasteiger charge is 2.28. The normalized spacial score (nSPS) is 15.1. The van der Waals surface area contributed by atoms with Gasteiger partial charge >= 0.3 is 5.97 Å². The number of thiazole rings is 1. The van der Waals surface area contributed by atoms with E-state index in [4.69, 9.17) is 9.84 Å². The zero-order valence-corrected chi connectivity index (χ0v) is 23.1. The fourth-order valence-electron chi connectivity index (χ4n) is 4.82. The molecule has 38 heavy (non-hydrogen) atoms. The third-order valence-electron chi connectivity index (χ3n) is 6.79. The molecule has 1 fully saturated rings. The Bertz CT molecular complexity index is 1380. The summed E-state index contributed by atoms with van der Waals surface area (Å²) in [5, 5.41) is 12.1. The topological polar surface area (TPSA) is 139 Å². The summed E-state index contributed by atoms with van der Waals surface area (Å²) in [5.41, 5.74) is 1.32. The largest absolute Gasteiger partial charge is 0.479 e. The average Bonchev–Trinajstić information content (AvgIpc) is 3.55. The molecule has 0 aliphatic heterocycles. The maximum atomic E-state index is 13.5. The molecular formula is C26H32N4O6S2. The van der Waals surface area contributed by atoms with Crippen molar-refractivity contribution in [2.45, 2.75) is 56.8 Å². The van der Waals surface area contributed by atoms with Crippen LogP contribution in [0.5, 0.6) is 5.88 Å². The molecule has 4 rings (SSSR count). The quantitative estimate of drug-likeness (QED) is 0.330. The number of ether oxygens (including phenoxy) is 1. The number of benzene rings is 1. The first-order valence-electron chi connectivity index (χ1n) is 12.7. The number of aliphatic carboxylic acids is 1. The Morgan fingerprint density at radius 2 is 1.79 bits per heavy atom. The van der Waals surface area contributed by atoms with E-state index in [1.54, 1.807) is 44.2 Å². The van der Waals surface area contributed by atoms with Crippen molar-refractivity contribution in [1.82, 2.24) is 14.3 Å². The Morgan fingerprint density at radius 3 is 2.42 bits per heavy atom. The summed E-state index contributed by atoms with van der Waals surface area (Å²) >= 11 is 1.18. The van der Waals surface area contributed by atoms with Gasteiger partial charge in [0, 0.05) is 19.2 Å². The molecule has 2 heterocycles. The summed E-state index contributed by atoms with van der Waals surface area (Å²) in [6, 6.07) is 9.84. The summed E-state index contributed by atoms with van der Waals surface area (Å²) in [7, 11) is -3.59. The number of amides is 1. The predicted octanol–water partition coefficient (Wildman–Crippen LogP) is 4.49. The second kappa shape index (κ2) is 12.2. The van der Waals surface area contributed by atoms with E-state index in [1.165, 1.54) is 21.7 Å². The smallest absolute Gasteiger partial charge is 0.341 e. The molecule has 0 saturated heterocycles. The van der Waals surface area contributed by atoms with Crippen LogP contribution in [0.4, 0.5) is 5.13 Å². The molecule has 1 aliphatic rings. The number of rotatable bonds is 12. The number of nitrogens with one attached hydrogen (secondary N) is 1. The van der Waals surface area contributed by atoms with Crippen LogP contribution in [0.3, 0.4) is 0 Å². The van der Waals surface area contributed by atoms with E-state index in [2.05, 4.69) is 15.3 Å². The van der Waals surface area contributed by atoms with Crippen molar-refractivity contribution < 1.29 is 27.9 Å². The number of anilines is 1. The lowest BCUT2D eigenvalue weighted by atomic mass is 9.87. The monoisotopic (exact) mass is 560 g/mol. The maximum Gasteiger partial charge on any atom is 0.341 e. The number of aromatic nitrogens is 2. The van der Waals surface area contributed by atoms with Gasteiger partial charge in [-0.3, -0.25) is 4.79 Å². The first-order chi connectivity index (χ1) is 18.2. The van der Waals surface area contributed by atoms with E-state index in [1.807, 2.05) is 0 Å². The minimum absolute atomic E-state index is 0.167. The molecule has 1 amide bonds. The molecule has 0 spiro atoms. The first-order valence-corrected chi connectivity index (χ1v) is 15.0. The third-order valence-corrected chi connectivity index (χ3v) is 9.73. The number of nitrogens with zero attached hydrogens (tertiary/aromatic N) is 3. The van der Waals surface area contributed by atoms with Crippen LogP contribution in [0.2, 0.25) is 0 Å². The number of carbonyl (C=O) groups is 2. The van der Waals surface area contributed by atoms with Crippen LogP contribution in [0.15, 0.2) is 41.3 Å². The Hall–Kier alpha value is -3.09. The molecule has 1 atom stereocenters. The number of carbonyl (C=O) groups excluding carboxylic acids is 1. The Labute approximate surface area is 226 Å². The Morgan fingerprint density at radius 1 is 1.11 bits per heavy atom. The molecule has 10 nitrogen and oxygen atoms in total. The van der Waals surface area contributed by atoms with Gasteiger partial charge in [0.1, 0.15) is 10.3 Å². The highest BCUT2D eigenvalue weighted by atomic mass is 32.2. The van der Waals surface area contributed by atoms with E-state index in [0.29, 0.717) is 40.9 Å². The standard InChI is InChI=1S/C26H32N4O6S2/c1-3-30(4-2)38(34,35)19-11-9-18(10-12-19)20(15-17-7-5-6-8-17)24(33)29-26-27-21-13-14-22(28-25(21)37-26)36-16-23(31)32/h9-14,17,20H,3-8,15-16H2,1-2H3,(H,31,32)(H,27,29,33). The number of hydrogen-bond donors (Lipinski definition) is 2. The summed E-state index contributed by atoms with van der Waals surface area (Å²) in [6.07, 6.45) is 5.11. The van der Waals surface area contributed by atoms with Gasteiger partial charge in [-0.25, -0.2) is 23.2 Å². The van der Waals surface area contributed by atoms with Crippen LogP contribution >= 0.6 is 11.3 Å². The lowest BCUT2D eigenvalue weighted by Crippen LogP contribution is -2.30. The van der Waals surface area contributed by atoms with Crippen LogP contribution in [-0.2, 0) is 19.6 Å². The molecule has 2 N–H and O–H groups in total. The highest BCUT2D eigenvalue weighted by Crippen LogP contribution is 2.36. The van der Waals surface area contributed by atoms with E-state index in [9.17, 15) is 18.0 Å². The van der Waals surface area contributed by atoms with E-state index < -0.39 is 28.5 Å². The number of pyridine rings is 1. The molecule has 3 aromatic rings. The van der Waals surface area contributed by atoms with Gasteiger partial charge in [0.05, 0.1) is 10.8 Å². The van der Waals surface area contributed by atoms with Crippen LogP contribution in [-0.4, -0.2) is 59.4 Å². The van der Waals surface area contributed by atoms with Crippen molar-refractivity contribution in [3.63, 3.8) is 0 Å². The fourth-order valence-corrected chi connectivity index (χ4v) is 7.11. The zero-order valence-electron chi connectivity index (χ0n) is 21.4. The van der Waals surface area contributed by atoms with Crippen molar-refractivity contribution in [2.75, 3.05) is 25.0 Å². The van der Waals surface area contributed by atoms with Gasteiger partial charge in [-0.1, -0.05) is 63.0 Å². The van der Waals surface area contributed by atoms with Crippen molar-refractivity contribution in [1.29, 1.82) is 0 Å². The molecule has 0 radical (unpaired) electrons. The van der Waals surface area contributed by atoms with Gasteiger partial charge < -0.3 is 15.2 Å². The number of hydrogen-bond acceptors (Lipinski definition) is 8. The van der Waals surface area contributed by atoms with Gasteiger partial charge in [-0.15, -0.1) is 0 Å².